The van der Waals surface area contributed by atoms with E-state index in [0.29, 0.717) is 0 Å². The van der Waals surface area contributed by atoms with Crippen LogP contribution in [0.4, 0.5) is 0 Å². The number of hydrogen-bond donors (Lipinski definition) is 2. The summed E-state index contributed by atoms with van der Waals surface area (Å²) in [5, 5.41) is 1.06. The molecule has 23 heavy (non-hydrogen) atoms. The summed E-state index contributed by atoms with van der Waals surface area (Å²) in [6.07, 6.45) is 8.12. The zero-order valence-electron chi connectivity index (χ0n) is 12.2. The van der Waals surface area contributed by atoms with Crippen LogP contribution in [0.3, 0.4) is 0 Å². The second kappa shape index (κ2) is 5.62. The minimum absolute atomic E-state index is 0.297. The molecule has 4 rings (SSSR count). The molecule has 2 aromatic heterocycles. The van der Waals surface area contributed by atoms with Crippen molar-refractivity contribution in [2.75, 3.05) is 0 Å². The highest BCUT2D eigenvalue weighted by atomic mass is 16.1. The van der Waals surface area contributed by atoms with E-state index in [2.05, 4.69) is 26.9 Å². The Bertz CT molecular complexity index is 905. The SMILES string of the molecule is O=CC1C=C(c2ccc3nccc(-c4ccncc4)c3c2)NN1. The minimum atomic E-state index is -0.297. The normalized spacial score (nSPS) is 16.9. The zero-order valence-corrected chi connectivity index (χ0v) is 12.2. The molecule has 1 atom stereocenters. The molecule has 0 spiro atoms. The van der Waals surface area contributed by atoms with E-state index in [1.807, 2.05) is 42.6 Å². The highest BCUT2D eigenvalue weighted by molar-refractivity contribution is 5.96. The third-order valence-corrected chi connectivity index (χ3v) is 3.91. The van der Waals surface area contributed by atoms with Crippen LogP contribution in [0, 0.1) is 0 Å². The Hall–Kier alpha value is -3.05. The van der Waals surface area contributed by atoms with Crippen molar-refractivity contribution in [1.82, 2.24) is 20.8 Å². The van der Waals surface area contributed by atoms with Crippen LogP contribution < -0.4 is 10.9 Å². The first-order valence-electron chi connectivity index (χ1n) is 7.33. The van der Waals surface area contributed by atoms with Crippen LogP contribution in [0.25, 0.3) is 27.7 Å². The van der Waals surface area contributed by atoms with Crippen LogP contribution in [0.2, 0.25) is 0 Å². The predicted molar refractivity (Wildman–Crippen MR) is 89.1 cm³/mol. The average Bonchev–Trinajstić information content (AvgIpc) is 3.11. The van der Waals surface area contributed by atoms with Gasteiger partial charge in [-0.25, -0.2) is 5.43 Å². The summed E-state index contributed by atoms with van der Waals surface area (Å²) in [5.41, 5.74) is 11.0. The Balaban J connectivity index is 1.86. The van der Waals surface area contributed by atoms with Crippen molar-refractivity contribution < 1.29 is 4.79 Å². The molecule has 0 fully saturated rings. The molecule has 112 valence electrons. The van der Waals surface area contributed by atoms with Crippen molar-refractivity contribution in [3.05, 3.63) is 66.6 Å². The Morgan fingerprint density at radius 3 is 2.65 bits per heavy atom. The largest absolute Gasteiger partial charge is 0.320 e. The summed E-state index contributed by atoms with van der Waals surface area (Å²) in [5.74, 6) is 0. The molecule has 1 aromatic carbocycles. The second-order valence-corrected chi connectivity index (χ2v) is 5.34. The molecule has 1 unspecified atom stereocenters. The Morgan fingerprint density at radius 2 is 1.87 bits per heavy atom. The Morgan fingerprint density at radius 1 is 1.00 bits per heavy atom. The van der Waals surface area contributed by atoms with E-state index in [4.69, 9.17) is 0 Å². The summed E-state index contributed by atoms with van der Waals surface area (Å²) in [6, 6.07) is 11.8. The topological polar surface area (TPSA) is 66.9 Å². The maximum absolute atomic E-state index is 10.9. The maximum atomic E-state index is 10.9. The third-order valence-electron chi connectivity index (χ3n) is 3.91. The van der Waals surface area contributed by atoms with E-state index >= 15 is 0 Å². The van der Waals surface area contributed by atoms with Crippen LogP contribution in [-0.4, -0.2) is 22.3 Å². The van der Waals surface area contributed by atoms with Gasteiger partial charge in [-0.15, -0.1) is 0 Å². The fourth-order valence-electron chi connectivity index (χ4n) is 2.76. The number of aldehydes is 1. The highest BCUT2D eigenvalue weighted by Gasteiger charge is 2.15. The van der Waals surface area contributed by atoms with Crippen LogP contribution in [0.15, 0.2) is 61.1 Å². The van der Waals surface area contributed by atoms with Crippen molar-refractivity contribution >= 4 is 22.9 Å². The lowest BCUT2D eigenvalue weighted by Crippen LogP contribution is -2.32. The van der Waals surface area contributed by atoms with Gasteiger partial charge in [-0.3, -0.25) is 9.97 Å². The lowest BCUT2D eigenvalue weighted by molar-refractivity contribution is -0.108. The number of aromatic nitrogens is 2. The number of benzene rings is 1. The second-order valence-electron chi connectivity index (χ2n) is 5.34. The number of carbonyl (C=O) groups is 1. The third kappa shape index (κ3) is 2.47. The molecule has 3 heterocycles. The molecule has 3 aromatic rings. The zero-order chi connectivity index (χ0) is 15.6. The van der Waals surface area contributed by atoms with Gasteiger partial charge >= 0.3 is 0 Å². The van der Waals surface area contributed by atoms with E-state index in [1.54, 1.807) is 12.4 Å². The van der Waals surface area contributed by atoms with Gasteiger partial charge in [0, 0.05) is 24.0 Å². The monoisotopic (exact) mass is 302 g/mol. The van der Waals surface area contributed by atoms with Gasteiger partial charge in [0.2, 0.25) is 0 Å². The Kier molecular flexibility index (Phi) is 3.33. The molecule has 5 nitrogen and oxygen atoms in total. The van der Waals surface area contributed by atoms with Crippen molar-refractivity contribution in [2.24, 2.45) is 0 Å². The minimum Gasteiger partial charge on any atom is -0.320 e. The number of rotatable bonds is 3. The Labute approximate surface area is 133 Å². The molecule has 0 saturated heterocycles. The van der Waals surface area contributed by atoms with Crippen LogP contribution >= 0.6 is 0 Å². The smallest absolute Gasteiger partial charge is 0.142 e. The molecule has 0 saturated carbocycles. The first kappa shape index (κ1) is 13.6. The maximum Gasteiger partial charge on any atom is 0.142 e. The molecular weight excluding hydrogens is 288 g/mol. The number of nitrogens with one attached hydrogen (secondary N) is 2. The number of pyridine rings is 2. The summed E-state index contributed by atoms with van der Waals surface area (Å²) in [4.78, 5) is 19.4. The summed E-state index contributed by atoms with van der Waals surface area (Å²) < 4.78 is 0. The predicted octanol–water partition coefficient (Wildman–Crippen LogP) is 2.31. The van der Waals surface area contributed by atoms with Crippen molar-refractivity contribution in [3.8, 4) is 11.1 Å². The first-order valence-corrected chi connectivity index (χ1v) is 7.33. The summed E-state index contributed by atoms with van der Waals surface area (Å²) >= 11 is 0. The molecular formula is C18H14N4O. The van der Waals surface area contributed by atoms with Crippen molar-refractivity contribution in [3.63, 3.8) is 0 Å². The van der Waals surface area contributed by atoms with E-state index < -0.39 is 0 Å². The van der Waals surface area contributed by atoms with Gasteiger partial charge in [0.25, 0.3) is 0 Å². The number of hydrazine groups is 1. The van der Waals surface area contributed by atoms with E-state index in [0.717, 1.165) is 39.6 Å². The number of fused-ring (bicyclic) bond motifs is 1. The summed E-state index contributed by atoms with van der Waals surface area (Å²) in [6.45, 7) is 0. The van der Waals surface area contributed by atoms with Gasteiger partial charge in [-0.05, 0) is 53.1 Å². The standard InChI is InChI=1S/C18H14N4O/c23-11-14-10-18(22-21-14)13-1-2-17-16(9-13)15(5-8-20-17)12-3-6-19-7-4-12/h1-11,14,21-22H. The van der Waals surface area contributed by atoms with Crippen LogP contribution in [0.1, 0.15) is 5.56 Å². The van der Waals surface area contributed by atoms with Crippen LogP contribution in [0.5, 0.6) is 0 Å². The van der Waals surface area contributed by atoms with Crippen LogP contribution in [-0.2, 0) is 4.79 Å². The highest BCUT2D eigenvalue weighted by Crippen LogP contribution is 2.29. The number of hydrogen-bond acceptors (Lipinski definition) is 5. The molecule has 5 heteroatoms. The number of carbonyl (C=O) groups excluding carboxylic acids is 1. The number of nitrogens with zero attached hydrogens (tertiary/aromatic N) is 2. The van der Waals surface area contributed by atoms with E-state index in [9.17, 15) is 4.79 Å². The van der Waals surface area contributed by atoms with Gasteiger partial charge in [-0.1, -0.05) is 6.07 Å². The average molecular weight is 302 g/mol. The van der Waals surface area contributed by atoms with Gasteiger partial charge in [-0.2, -0.15) is 0 Å². The molecule has 0 radical (unpaired) electrons. The first-order chi connectivity index (χ1) is 11.3. The van der Waals surface area contributed by atoms with Gasteiger partial charge < -0.3 is 10.2 Å². The van der Waals surface area contributed by atoms with Gasteiger partial charge in [0.05, 0.1) is 11.2 Å². The lowest BCUT2D eigenvalue weighted by Gasteiger charge is -2.09. The van der Waals surface area contributed by atoms with Gasteiger partial charge in [0.15, 0.2) is 0 Å². The molecule has 2 N–H and O–H groups in total. The fraction of sp³-hybridized carbons (Fsp3) is 0.0556. The van der Waals surface area contributed by atoms with E-state index in [-0.39, 0.29) is 6.04 Å². The fourth-order valence-corrected chi connectivity index (χ4v) is 2.76. The quantitative estimate of drug-likeness (QED) is 0.727. The molecule has 0 amide bonds. The molecule has 0 aliphatic carbocycles. The molecule has 0 bridgehead atoms. The van der Waals surface area contributed by atoms with Crippen molar-refractivity contribution in [1.29, 1.82) is 0 Å². The van der Waals surface area contributed by atoms with Crippen molar-refractivity contribution in [2.45, 2.75) is 6.04 Å². The lowest BCUT2D eigenvalue weighted by atomic mass is 9.99. The molecule has 1 aliphatic rings. The van der Waals surface area contributed by atoms with E-state index in [1.165, 1.54) is 0 Å². The molecule has 1 aliphatic heterocycles. The van der Waals surface area contributed by atoms with Gasteiger partial charge in [0.1, 0.15) is 12.3 Å². The summed E-state index contributed by atoms with van der Waals surface area (Å²) in [7, 11) is 0.